The largest absolute Gasteiger partial charge is 0.393 e. The first-order valence-electron chi connectivity index (χ1n) is 6.66. The Hall–Kier alpha value is -1.17. The number of benzene rings is 1. The summed E-state index contributed by atoms with van der Waals surface area (Å²) >= 11 is 0. The molecule has 0 aliphatic carbocycles. The molecule has 0 aromatic heterocycles. The molecule has 4 nitrogen and oxygen atoms in total. The van der Waals surface area contributed by atoms with Gasteiger partial charge >= 0.3 is 0 Å². The third-order valence-electron chi connectivity index (χ3n) is 3.38. The third kappa shape index (κ3) is 2.80. The van der Waals surface area contributed by atoms with Gasteiger partial charge in [0.1, 0.15) is 6.10 Å². The average molecular weight is 296 g/mol. The van der Waals surface area contributed by atoms with Gasteiger partial charge in [-0.25, -0.2) is 8.42 Å². The van der Waals surface area contributed by atoms with Gasteiger partial charge in [-0.2, -0.15) is 0 Å². The van der Waals surface area contributed by atoms with Gasteiger partial charge in [0.2, 0.25) is 9.84 Å². The Labute approximate surface area is 120 Å². The number of sulfone groups is 1. The molecule has 0 unspecified atom stereocenters. The van der Waals surface area contributed by atoms with E-state index in [1.165, 1.54) is 6.08 Å². The third-order valence-corrected chi connectivity index (χ3v) is 5.26. The van der Waals surface area contributed by atoms with Gasteiger partial charge in [0.05, 0.1) is 22.5 Å². The summed E-state index contributed by atoms with van der Waals surface area (Å²) in [5.74, 6) is 0.0259. The first-order chi connectivity index (χ1) is 9.36. The first-order valence-corrected chi connectivity index (χ1v) is 8.14. The molecule has 1 aromatic carbocycles. The maximum absolute atomic E-state index is 12.7. The van der Waals surface area contributed by atoms with Crippen LogP contribution in [-0.2, 0) is 14.6 Å². The highest BCUT2D eigenvalue weighted by Gasteiger charge is 2.37. The van der Waals surface area contributed by atoms with Gasteiger partial charge in [0, 0.05) is 0 Å². The van der Waals surface area contributed by atoms with Crippen molar-refractivity contribution in [1.29, 1.82) is 0 Å². The molecule has 1 heterocycles. The van der Waals surface area contributed by atoms with Gasteiger partial charge in [-0.15, -0.1) is 0 Å². The number of hydrogen-bond donors (Lipinski definition) is 1. The molecular formula is C15H20O4S. The summed E-state index contributed by atoms with van der Waals surface area (Å²) in [4.78, 5) is 0.526. The van der Waals surface area contributed by atoms with E-state index < -0.39 is 22.0 Å². The smallest absolute Gasteiger partial charge is 0.205 e. The Morgan fingerprint density at radius 3 is 2.35 bits per heavy atom. The number of hydrogen-bond acceptors (Lipinski definition) is 4. The Morgan fingerprint density at radius 1 is 1.25 bits per heavy atom. The average Bonchev–Trinajstić information content (AvgIpc) is 2.84. The second kappa shape index (κ2) is 5.68. The molecule has 0 radical (unpaired) electrons. The molecule has 5 heteroatoms. The van der Waals surface area contributed by atoms with Gasteiger partial charge in [-0.1, -0.05) is 31.5 Å². The maximum Gasteiger partial charge on any atom is 0.205 e. The van der Waals surface area contributed by atoms with Gasteiger partial charge in [0.25, 0.3) is 0 Å². The second-order valence-electron chi connectivity index (χ2n) is 5.41. The van der Waals surface area contributed by atoms with E-state index in [1.807, 2.05) is 20.8 Å². The van der Waals surface area contributed by atoms with Crippen molar-refractivity contribution in [2.75, 3.05) is 6.61 Å². The lowest BCUT2D eigenvalue weighted by atomic mass is 10.1. The van der Waals surface area contributed by atoms with Crippen LogP contribution in [0.1, 0.15) is 19.4 Å². The van der Waals surface area contributed by atoms with Crippen LogP contribution >= 0.6 is 0 Å². The predicted octanol–water partition coefficient (Wildman–Crippen LogP) is 2.07. The molecule has 0 spiro atoms. The van der Waals surface area contributed by atoms with Gasteiger partial charge in [0.15, 0.2) is 0 Å². The van der Waals surface area contributed by atoms with E-state index in [0.29, 0.717) is 0 Å². The van der Waals surface area contributed by atoms with E-state index in [9.17, 15) is 13.5 Å². The monoisotopic (exact) mass is 296 g/mol. The van der Waals surface area contributed by atoms with Crippen LogP contribution in [0.2, 0.25) is 0 Å². The van der Waals surface area contributed by atoms with Crippen LogP contribution < -0.4 is 0 Å². The Morgan fingerprint density at radius 2 is 1.85 bits per heavy atom. The van der Waals surface area contributed by atoms with Crippen LogP contribution in [0.15, 0.2) is 40.1 Å². The quantitative estimate of drug-likeness (QED) is 0.924. The molecular weight excluding hydrogens is 276 g/mol. The van der Waals surface area contributed by atoms with E-state index in [2.05, 4.69) is 0 Å². The van der Waals surface area contributed by atoms with E-state index in [-0.39, 0.29) is 22.3 Å². The summed E-state index contributed by atoms with van der Waals surface area (Å²) < 4.78 is 31.0. The second-order valence-corrected chi connectivity index (χ2v) is 7.36. The minimum Gasteiger partial charge on any atom is -0.393 e. The minimum atomic E-state index is -3.57. The molecule has 1 N–H and O–H groups in total. The van der Waals surface area contributed by atoms with Crippen LogP contribution in [0.4, 0.5) is 0 Å². The SMILES string of the molecule is Cc1ccc(S(=O)(=O)C2=C[C@H](CO)O[C@H]2C(C)C)cc1. The van der Waals surface area contributed by atoms with Gasteiger partial charge < -0.3 is 9.84 Å². The number of rotatable bonds is 4. The zero-order valence-electron chi connectivity index (χ0n) is 11.9. The fourth-order valence-electron chi connectivity index (χ4n) is 2.25. The van der Waals surface area contributed by atoms with Crippen molar-refractivity contribution < 1.29 is 18.3 Å². The Balaban J connectivity index is 2.43. The number of aryl methyl sites for hydroxylation is 1. The highest BCUT2D eigenvalue weighted by molar-refractivity contribution is 7.95. The predicted molar refractivity (Wildman–Crippen MR) is 77.0 cm³/mol. The molecule has 2 atom stereocenters. The molecule has 1 aliphatic heterocycles. The highest BCUT2D eigenvalue weighted by Crippen LogP contribution is 2.33. The summed E-state index contributed by atoms with van der Waals surface area (Å²) in [6, 6.07) is 6.76. The number of ether oxygens (including phenoxy) is 1. The topological polar surface area (TPSA) is 63.6 Å². The lowest BCUT2D eigenvalue weighted by Crippen LogP contribution is -2.25. The highest BCUT2D eigenvalue weighted by atomic mass is 32.2. The zero-order valence-corrected chi connectivity index (χ0v) is 12.7. The molecule has 0 bridgehead atoms. The van der Waals surface area contributed by atoms with Crippen molar-refractivity contribution in [3.05, 3.63) is 40.8 Å². The summed E-state index contributed by atoms with van der Waals surface area (Å²) in [6.45, 7) is 5.51. The number of aliphatic hydroxyl groups excluding tert-OH is 1. The fraction of sp³-hybridized carbons (Fsp3) is 0.467. The minimum absolute atomic E-state index is 0.0259. The molecule has 2 rings (SSSR count). The van der Waals surface area contributed by atoms with Crippen LogP contribution in [0.5, 0.6) is 0 Å². The molecule has 0 saturated carbocycles. The van der Waals surface area contributed by atoms with Gasteiger partial charge in [-0.3, -0.25) is 0 Å². The molecule has 20 heavy (non-hydrogen) atoms. The lowest BCUT2D eigenvalue weighted by Gasteiger charge is -2.20. The van der Waals surface area contributed by atoms with Crippen molar-refractivity contribution in [3.63, 3.8) is 0 Å². The molecule has 110 valence electrons. The summed E-state index contributed by atoms with van der Waals surface area (Å²) in [5, 5.41) is 9.19. The van der Waals surface area contributed by atoms with Crippen molar-refractivity contribution in [2.24, 2.45) is 5.92 Å². The van der Waals surface area contributed by atoms with Crippen LogP contribution in [0, 0.1) is 12.8 Å². The normalized spacial score (nSPS) is 23.1. The summed E-state index contributed by atoms with van der Waals surface area (Å²) in [6.07, 6.45) is 0.482. The van der Waals surface area contributed by atoms with Crippen molar-refractivity contribution in [2.45, 2.75) is 37.9 Å². The van der Waals surface area contributed by atoms with Crippen molar-refractivity contribution in [1.82, 2.24) is 0 Å². The summed E-state index contributed by atoms with van der Waals surface area (Å²) in [5.41, 5.74) is 1.01. The van der Waals surface area contributed by atoms with E-state index in [0.717, 1.165) is 5.56 Å². The van der Waals surface area contributed by atoms with Gasteiger partial charge in [-0.05, 0) is 31.1 Å². The molecule has 0 saturated heterocycles. The molecule has 1 aliphatic rings. The van der Waals surface area contributed by atoms with E-state index in [1.54, 1.807) is 24.3 Å². The Kier molecular flexibility index (Phi) is 4.32. The molecule has 0 fully saturated rings. The van der Waals surface area contributed by atoms with Crippen LogP contribution in [0.25, 0.3) is 0 Å². The van der Waals surface area contributed by atoms with Crippen LogP contribution in [0.3, 0.4) is 0 Å². The summed E-state index contributed by atoms with van der Waals surface area (Å²) in [7, 11) is -3.57. The van der Waals surface area contributed by atoms with E-state index in [4.69, 9.17) is 4.74 Å². The maximum atomic E-state index is 12.7. The first kappa shape index (κ1) is 15.2. The molecule has 0 amide bonds. The zero-order chi connectivity index (χ0) is 14.9. The van der Waals surface area contributed by atoms with Crippen molar-refractivity contribution in [3.8, 4) is 0 Å². The fourth-order valence-corrected chi connectivity index (χ4v) is 3.98. The van der Waals surface area contributed by atoms with E-state index >= 15 is 0 Å². The Bertz CT molecular complexity index is 599. The lowest BCUT2D eigenvalue weighted by molar-refractivity contribution is 0.00487. The van der Waals surface area contributed by atoms with Crippen LogP contribution in [-0.4, -0.2) is 32.3 Å². The van der Waals surface area contributed by atoms with Crippen molar-refractivity contribution >= 4 is 9.84 Å². The standard InChI is InChI=1S/C15H20O4S/c1-10(2)15-14(8-12(9-16)19-15)20(17,18)13-6-4-11(3)5-7-13/h4-8,10,12,15-16H,9H2,1-3H3/t12-,15+/m1/s1. The number of aliphatic hydroxyl groups is 1. The molecule has 1 aromatic rings.